The topological polar surface area (TPSA) is 74.2 Å². The molecule has 0 saturated heterocycles. The lowest BCUT2D eigenvalue weighted by atomic mass is 10.0. The van der Waals surface area contributed by atoms with E-state index in [2.05, 4.69) is 10.1 Å². The van der Waals surface area contributed by atoms with Crippen LogP contribution >= 0.6 is 0 Å². The molecule has 2 atom stereocenters. The van der Waals surface area contributed by atoms with E-state index in [1.54, 1.807) is 7.11 Å². The highest BCUT2D eigenvalue weighted by Crippen LogP contribution is 2.41. The standard InChI is InChI=1S/C16H21N3O2/c1-20-15(12-7-8-12)16-18-14(21-19-16)10-9-13(17)11-5-3-2-4-6-11/h2-6,12-13,15H,7-10,17H2,1H3. The van der Waals surface area contributed by atoms with E-state index in [1.807, 2.05) is 30.3 Å². The molecule has 1 saturated carbocycles. The fraction of sp³-hybridized carbons (Fsp3) is 0.500. The Morgan fingerprint density at radius 2 is 2.10 bits per heavy atom. The molecule has 2 N–H and O–H groups in total. The SMILES string of the molecule is COC(c1noc(CCC(N)c2ccccc2)n1)C1CC1. The molecule has 5 heteroatoms. The average molecular weight is 287 g/mol. The highest BCUT2D eigenvalue weighted by molar-refractivity contribution is 5.18. The second-order valence-electron chi connectivity index (χ2n) is 5.60. The van der Waals surface area contributed by atoms with Crippen molar-refractivity contribution in [3.05, 3.63) is 47.6 Å². The van der Waals surface area contributed by atoms with E-state index in [-0.39, 0.29) is 12.1 Å². The van der Waals surface area contributed by atoms with Crippen LogP contribution < -0.4 is 5.73 Å². The van der Waals surface area contributed by atoms with Gasteiger partial charge < -0.3 is 15.0 Å². The summed E-state index contributed by atoms with van der Waals surface area (Å²) in [5.41, 5.74) is 7.31. The third-order valence-corrected chi connectivity index (χ3v) is 3.94. The van der Waals surface area contributed by atoms with E-state index in [9.17, 15) is 0 Å². The minimum Gasteiger partial charge on any atom is -0.373 e. The molecule has 2 unspecified atom stereocenters. The first-order valence-electron chi connectivity index (χ1n) is 7.43. The Hall–Kier alpha value is -1.72. The van der Waals surface area contributed by atoms with E-state index in [1.165, 1.54) is 12.8 Å². The van der Waals surface area contributed by atoms with Gasteiger partial charge in [-0.15, -0.1) is 0 Å². The van der Waals surface area contributed by atoms with Crippen LogP contribution in [0, 0.1) is 5.92 Å². The maximum absolute atomic E-state index is 6.18. The van der Waals surface area contributed by atoms with Crippen LogP contribution in [0.25, 0.3) is 0 Å². The number of benzene rings is 1. The fourth-order valence-corrected chi connectivity index (χ4v) is 2.54. The molecule has 0 bridgehead atoms. The Balaban J connectivity index is 1.57. The zero-order valence-electron chi connectivity index (χ0n) is 12.2. The van der Waals surface area contributed by atoms with Crippen molar-refractivity contribution in [3.8, 4) is 0 Å². The summed E-state index contributed by atoms with van der Waals surface area (Å²) in [6.45, 7) is 0. The van der Waals surface area contributed by atoms with Crippen LogP contribution in [0.15, 0.2) is 34.9 Å². The molecule has 1 heterocycles. The molecule has 21 heavy (non-hydrogen) atoms. The number of hydrogen-bond donors (Lipinski definition) is 1. The van der Waals surface area contributed by atoms with Crippen molar-refractivity contribution >= 4 is 0 Å². The van der Waals surface area contributed by atoms with Gasteiger partial charge in [-0.25, -0.2) is 0 Å². The lowest BCUT2D eigenvalue weighted by molar-refractivity contribution is 0.0751. The second kappa shape index (κ2) is 6.37. The summed E-state index contributed by atoms with van der Waals surface area (Å²) in [7, 11) is 1.70. The van der Waals surface area contributed by atoms with Crippen LogP contribution in [0.5, 0.6) is 0 Å². The van der Waals surface area contributed by atoms with Gasteiger partial charge in [-0.2, -0.15) is 4.98 Å². The lowest BCUT2D eigenvalue weighted by Crippen LogP contribution is -2.11. The molecule has 1 fully saturated rings. The summed E-state index contributed by atoms with van der Waals surface area (Å²) in [5, 5.41) is 4.05. The number of aromatic nitrogens is 2. The molecule has 5 nitrogen and oxygen atoms in total. The first-order valence-corrected chi connectivity index (χ1v) is 7.43. The minimum atomic E-state index is -0.0229. The van der Waals surface area contributed by atoms with Gasteiger partial charge in [0.2, 0.25) is 11.7 Å². The number of nitrogens with two attached hydrogens (primary N) is 1. The van der Waals surface area contributed by atoms with Crippen LogP contribution in [-0.2, 0) is 11.2 Å². The average Bonchev–Trinajstić information content (AvgIpc) is 3.25. The highest BCUT2D eigenvalue weighted by atomic mass is 16.5. The predicted octanol–water partition coefficient (Wildman–Crippen LogP) is 2.80. The molecular formula is C16H21N3O2. The van der Waals surface area contributed by atoms with Crippen molar-refractivity contribution in [2.24, 2.45) is 11.7 Å². The van der Waals surface area contributed by atoms with Crippen molar-refractivity contribution in [2.45, 2.75) is 37.8 Å². The van der Waals surface area contributed by atoms with Crippen LogP contribution in [0.3, 0.4) is 0 Å². The molecule has 112 valence electrons. The van der Waals surface area contributed by atoms with Crippen molar-refractivity contribution in [2.75, 3.05) is 7.11 Å². The highest BCUT2D eigenvalue weighted by Gasteiger charge is 2.35. The summed E-state index contributed by atoms with van der Waals surface area (Å²) in [5.74, 6) is 1.86. The van der Waals surface area contributed by atoms with Gasteiger partial charge >= 0.3 is 0 Å². The van der Waals surface area contributed by atoms with Gasteiger partial charge in [0, 0.05) is 19.6 Å². The molecule has 1 aliphatic rings. The van der Waals surface area contributed by atoms with E-state index in [0.29, 0.717) is 24.1 Å². The van der Waals surface area contributed by atoms with E-state index in [0.717, 1.165) is 12.0 Å². The molecule has 1 aromatic carbocycles. The van der Waals surface area contributed by atoms with Crippen molar-refractivity contribution in [3.63, 3.8) is 0 Å². The Bertz CT molecular complexity index is 566. The molecule has 1 aromatic heterocycles. The van der Waals surface area contributed by atoms with E-state index in [4.69, 9.17) is 15.0 Å². The maximum Gasteiger partial charge on any atom is 0.226 e. The molecule has 3 rings (SSSR count). The quantitative estimate of drug-likeness (QED) is 0.847. The zero-order chi connectivity index (χ0) is 14.7. The van der Waals surface area contributed by atoms with Crippen LogP contribution in [-0.4, -0.2) is 17.3 Å². The number of nitrogens with zero attached hydrogens (tertiary/aromatic N) is 2. The molecule has 2 aromatic rings. The third kappa shape index (κ3) is 3.49. The Kier molecular flexibility index (Phi) is 4.31. The van der Waals surface area contributed by atoms with Crippen LogP contribution in [0.1, 0.15) is 48.7 Å². The minimum absolute atomic E-state index is 0.0109. The first kappa shape index (κ1) is 14.2. The number of methoxy groups -OCH3 is 1. The number of ether oxygens (including phenoxy) is 1. The maximum atomic E-state index is 6.18. The van der Waals surface area contributed by atoms with E-state index < -0.39 is 0 Å². The monoisotopic (exact) mass is 287 g/mol. The van der Waals surface area contributed by atoms with Crippen LogP contribution in [0.2, 0.25) is 0 Å². The van der Waals surface area contributed by atoms with Crippen molar-refractivity contribution in [1.29, 1.82) is 0 Å². The third-order valence-electron chi connectivity index (χ3n) is 3.94. The summed E-state index contributed by atoms with van der Waals surface area (Å²) in [4.78, 5) is 4.45. The van der Waals surface area contributed by atoms with Gasteiger partial charge in [0.15, 0.2) is 0 Å². The molecule has 0 amide bonds. The lowest BCUT2D eigenvalue weighted by Gasteiger charge is -2.10. The molecule has 0 radical (unpaired) electrons. The first-order chi connectivity index (χ1) is 10.3. The number of hydrogen-bond acceptors (Lipinski definition) is 5. The predicted molar refractivity (Wildman–Crippen MR) is 78.5 cm³/mol. The number of rotatable bonds is 7. The Morgan fingerprint density at radius 3 is 2.76 bits per heavy atom. The smallest absolute Gasteiger partial charge is 0.226 e. The van der Waals surface area contributed by atoms with Gasteiger partial charge in [0.1, 0.15) is 6.10 Å². The number of aryl methyl sites for hydroxylation is 1. The van der Waals surface area contributed by atoms with Gasteiger partial charge in [-0.3, -0.25) is 0 Å². The second-order valence-corrected chi connectivity index (χ2v) is 5.60. The molecule has 1 aliphatic carbocycles. The van der Waals surface area contributed by atoms with Gasteiger partial charge in [-0.1, -0.05) is 35.5 Å². The van der Waals surface area contributed by atoms with Crippen molar-refractivity contribution < 1.29 is 9.26 Å². The molecule has 0 spiro atoms. The summed E-state index contributed by atoms with van der Waals surface area (Å²) in [6, 6.07) is 10.1. The Labute approximate surface area is 124 Å². The zero-order valence-corrected chi connectivity index (χ0v) is 12.2. The summed E-state index contributed by atoms with van der Waals surface area (Å²) in [6.07, 6.45) is 3.81. The van der Waals surface area contributed by atoms with Gasteiger partial charge in [0.25, 0.3) is 0 Å². The van der Waals surface area contributed by atoms with E-state index >= 15 is 0 Å². The molecule has 0 aliphatic heterocycles. The summed E-state index contributed by atoms with van der Waals surface area (Å²) >= 11 is 0. The fourth-order valence-electron chi connectivity index (χ4n) is 2.54. The molecular weight excluding hydrogens is 266 g/mol. The van der Waals surface area contributed by atoms with Gasteiger partial charge in [-0.05, 0) is 30.7 Å². The van der Waals surface area contributed by atoms with Gasteiger partial charge in [0.05, 0.1) is 0 Å². The Morgan fingerprint density at radius 1 is 1.33 bits per heavy atom. The summed E-state index contributed by atoms with van der Waals surface area (Å²) < 4.78 is 10.8. The normalized spacial score (nSPS) is 17.6. The largest absolute Gasteiger partial charge is 0.373 e. The van der Waals surface area contributed by atoms with Crippen molar-refractivity contribution in [1.82, 2.24) is 10.1 Å². The van der Waals surface area contributed by atoms with Crippen LogP contribution in [0.4, 0.5) is 0 Å².